The standard InChI is InChI=1S/C22H25Cl2N3O2S/c1-15(2)14-27-21(16(3)29-20-7-5-4-6-19(20)24)25-26-22(27)30-13-12-28-18-10-8-17(23)9-11-18/h4-11,15-16H,12-14H2,1-3H3. The van der Waals surface area contributed by atoms with Gasteiger partial charge in [-0.1, -0.05) is 60.9 Å². The van der Waals surface area contributed by atoms with E-state index in [0.717, 1.165) is 29.0 Å². The van der Waals surface area contributed by atoms with Gasteiger partial charge in [-0.2, -0.15) is 0 Å². The number of benzene rings is 2. The lowest BCUT2D eigenvalue weighted by atomic mass is 10.2. The number of para-hydroxylation sites is 1. The summed E-state index contributed by atoms with van der Waals surface area (Å²) >= 11 is 13.8. The summed E-state index contributed by atoms with van der Waals surface area (Å²) in [5.74, 6) is 3.41. The molecule has 30 heavy (non-hydrogen) atoms. The molecule has 0 spiro atoms. The predicted molar refractivity (Wildman–Crippen MR) is 123 cm³/mol. The Bertz CT molecular complexity index is 948. The molecule has 0 saturated carbocycles. The largest absolute Gasteiger partial charge is 0.493 e. The van der Waals surface area contributed by atoms with Gasteiger partial charge in [0.15, 0.2) is 17.1 Å². The number of nitrogens with zero attached hydrogens (tertiary/aromatic N) is 3. The highest BCUT2D eigenvalue weighted by Gasteiger charge is 2.21. The van der Waals surface area contributed by atoms with E-state index < -0.39 is 0 Å². The summed E-state index contributed by atoms with van der Waals surface area (Å²) < 4.78 is 14.0. The summed E-state index contributed by atoms with van der Waals surface area (Å²) in [5.41, 5.74) is 0. The van der Waals surface area contributed by atoms with Crippen LogP contribution in [0.1, 0.15) is 32.7 Å². The third kappa shape index (κ3) is 6.30. The topological polar surface area (TPSA) is 49.2 Å². The molecule has 0 aliphatic rings. The molecular formula is C22H25Cl2N3O2S. The van der Waals surface area contributed by atoms with Gasteiger partial charge in [0.05, 0.1) is 11.6 Å². The van der Waals surface area contributed by atoms with Crippen LogP contribution in [0.15, 0.2) is 53.7 Å². The molecule has 2 aromatic carbocycles. The van der Waals surface area contributed by atoms with E-state index in [1.165, 1.54) is 0 Å². The summed E-state index contributed by atoms with van der Waals surface area (Å²) in [6.45, 7) is 7.66. The average molecular weight is 466 g/mol. The van der Waals surface area contributed by atoms with Crippen molar-refractivity contribution in [1.29, 1.82) is 0 Å². The average Bonchev–Trinajstić information content (AvgIpc) is 3.10. The van der Waals surface area contributed by atoms with Crippen LogP contribution < -0.4 is 9.47 Å². The Balaban J connectivity index is 1.65. The van der Waals surface area contributed by atoms with E-state index in [9.17, 15) is 0 Å². The molecule has 0 fully saturated rings. The molecule has 0 aliphatic carbocycles. The normalized spacial score (nSPS) is 12.2. The maximum Gasteiger partial charge on any atom is 0.191 e. The van der Waals surface area contributed by atoms with E-state index in [1.807, 2.05) is 55.5 Å². The van der Waals surface area contributed by atoms with E-state index in [0.29, 0.717) is 28.3 Å². The molecule has 0 aliphatic heterocycles. The molecule has 8 heteroatoms. The number of ether oxygens (including phenoxy) is 2. The van der Waals surface area contributed by atoms with Crippen LogP contribution >= 0.6 is 35.0 Å². The summed E-state index contributed by atoms with van der Waals surface area (Å²) in [5, 5.41) is 10.9. The summed E-state index contributed by atoms with van der Waals surface area (Å²) in [7, 11) is 0. The number of hydrogen-bond donors (Lipinski definition) is 0. The Labute approximate surface area is 191 Å². The van der Waals surface area contributed by atoms with Crippen molar-refractivity contribution in [2.45, 2.75) is 38.6 Å². The maximum absolute atomic E-state index is 6.24. The second-order valence-electron chi connectivity index (χ2n) is 7.19. The van der Waals surface area contributed by atoms with Crippen LogP contribution in [-0.4, -0.2) is 27.1 Å². The first-order valence-electron chi connectivity index (χ1n) is 9.79. The summed E-state index contributed by atoms with van der Waals surface area (Å²) in [6, 6.07) is 14.8. The van der Waals surface area contributed by atoms with Crippen LogP contribution in [-0.2, 0) is 6.54 Å². The van der Waals surface area contributed by atoms with E-state index in [2.05, 4.69) is 28.6 Å². The molecule has 0 saturated heterocycles. The van der Waals surface area contributed by atoms with E-state index in [-0.39, 0.29) is 6.10 Å². The Morgan fingerprint density at radius 3 is 2.43 bits per heavy atom. The van der Waals surface area contributed by atoms with Gasteiger partial charge >= 0.3 is 0 Å². The van der Waals surface area contributed by atoms with Crippen LogP contribution in [0.25, 0.3) is 0 Å². The highest BCUT2D eigenvalue weighted by molar-refractivity contribution is 7.99. The Morgan fingerprint density at radius 1 is 1.00 bits per heavy atom. The minimum atomic E-state index is -0.282. The molecule has 0 N–H and O–H groups in total. The third-order valence-electron chi connectivity index (χ3n) is 4.19. The van der Waals surface area contributed by atoms with Crippen molar-refractivity contribution in [2.75, 3.05) is 12.4 Å². The van der Waals surface area contributed by atoms with Gasteiger partial charge in [-0.3, -0.25) is 0 Å². The number of aromatic nitrogens is 3. The van der Waals surface area contributed by atoms with Crippen LogP contribution in [0.5, 0.6) is 11.5 Å². The lowest BCUT2D eigenvalue weighted by molar-refractivity contribution is 0.207. The molecule has 0 bridgehead atoms. The zero-order valence-electron chi connectivity index (χ0n) is 17.2. The lowest BCUT2D eigenvalue weighted by Crippen LogP contribution is -2.15. The SMILES string of the molecule is CC(C)Cn1c(SCCOc2ccc(Cl)cc2)nnc1C(C)Oc1ccccc1Cl. The Kier molecular flexibility index (Phi) is 8.31. The molecule has 1 heterocycles. The van der Waals surface area contributed by atoms with Gasteiger partial charge in [0.25, 0.3) is 0 Å². The van der Waals surface area contributed by atoms with E-state index >= 15 is 0 Å². The van der Waals surface area contributed by atoms with Gasteiger partial charge in [-0.05, 0) is 49.2 Å². The first-order chi connectivity index (χ1) is 14.4. The molecule has 5 nitrogen and oxygen atoms in total. The molecular weight excluding hydrogens is 441 g/mol. The summed E-state index contributed by atoms with van der Waals surface area (Å²) in [6.07, 6.45) is -0.282. The van der Waals surface area contributed by atoms with Crippen LogP contribution in [0.3, 0.4) is 0 Å². The lowest BCUT2D eigenvalue weighted by Gasteiger charge is -2.18. The predicted octanol–water partition coefficient (Wildman–Crippen LogP) is 6.55. The van der Waals surface area contributed by atoms with Crippen molar-refractivity contribution in [3.8, 4) is 11.5 Å². The summed E-state index contributed by atoms with van der Waals surface area (Å²) in [4.78, 5) is 0. The molecule has 0 amide bonds. The zero-order chi connectivity index (χ0) is 21.5. The monoisotopic (exact) mass is 465 g/mol. The van der Waals surface area contributed by atoms with E-state index in [1.54, 1.807) is 11.8 Å². The quantitative estimate of drug-likeness (QED) is 0.250. The van der Waals surface area contributed by atoms with Gasteiger partial charge < -0.3 is 14.0 Å². The number of halogens is 2. The molecule has 0 radical (unpaired) electrons. The van der Waals surface area contributed by atoms with Gasteiger partial charge in [0.2, 0.25) is 0 Å². The van der Waals surface area contributed by atoms with Crippen LogP contribution in [0.4, 0.5) is 0 Å². The fourth-order valence-corrected chi connectivity index (χ4v) is 3.93. The molecule has 3 rings (SSSR count). The first-order valence-corrected chi connectivity index (χ1v) is 11.5. The third-order valence-corrected chi connectivity index (χ3v) is 5.69. The number of rotatable bonds is 10. The highest BCUT2D eigenvalue weighted by Crippen LogP contribution is 2.30. The fourth-order valence-electron chi connectivity index (χ4n) is 2.85. The second-order valence-corrected chi connectivity index (χ2v) is 9.09. The van der Waals surface area contributed by atoms with Crippen LogP contribution in [0, 0.1) is 5.92 Å². The molecule has 1 unspecified atom stereocenters. The van der Waals surface area contributed by atoms with Gasteiger partial charge in [0, 0.05) is 17.3 Å². The number of thioether (sulfide) groups is 1. The fraction of sp³-hybridized carbons (Fsp3) is 0.364. The molecule has 160 valence electrons. The smallest absolute Gasteiger partial charge is 0.191 e. The van der Waals surface area contributed by atoms with Crippen molar-refractivity contribution >= 4 is 35.0 Å². The van der Waals surface area contributed by atoms with Gasteiger partial charge in [0.1, 0.15) is 11.5 Å². The minimum absolute atomic E-state index is 0.282. The van der Waals surface area contributed by atoms with Crippen molar-refractivity contribution in [1.82, 2.24) is 14.8 Å². The highest BCUT2D eigenvalue weighted by atomic mass is 35.5. The Morgan fingerprint density at radius 2 is 1.73 bits per heavy atom. The van der Waals surface area contributed by atoms with E-state index in [4.69, 9.17) is 32.7 Å². The zero-order valence-corrected chi connectivity index (χ0v) is 19.5. The first kappa shape index (κ1) is 22.8. The van der Waals surface area contributed by atoms with Crippen molar-refractivity contribution in [2.24, 2.45) is 5.92 Å². The number of hydrogen-bond acceptors (Lipinski definition) is 5. The second kappa shape index (κ2) is 10.9. The molecule has 3 aromatic rings. The maximum atomic E-state index is 6.24. The van der Waals surface area contributed by atoms with Crippen LogP contribution in [0.2, 0.25) is 10.0 Å². The Hall–Kier alpha value is -1.89. The van der Waals surface area contributed by atoms with Crippen molar-refractivity contribution < 1.29 is 9.47 Å². The molecule has 1 atom stereocenters. The van der Waals surface area contributed by atoms with Gasteiger partial charge in [-0.25, -0.2) is 0 Å². The minimum Gasteiger partial charge on any atom is -0.493 e. The molecule has 1 aromatic heterocycles. The van der Waals surface area contributed by atoms with Gasteiger partial charge in [-0.15, -0.1) is 10.2 Å². The van der Waals surface area contributed by atoms with Crippen molar-refractivity contribution in [3.63, 3.8) is 0 Å². The van der Waals surface area contributed by atoms with Crippen molar-refractivity contribution in [3.05, 3.63) is 64.4 Å².